The molecular weight excluding hydrogens is 243 g/mol. The molecule has 0 aliphatic carbocycles. The summed E-state index contributed by atoms with van der Waals surface area (Å²) in [5.41, 5.74) is 0. The van der Waals surface area contributed by atoms with Crippen molar-refractivity contribution in [2.24, 2.45) is 11.8 Å². The quantitative estimate of drug-likeness (QED) is 0.896. The van der Waals surface area contributed by atoms with Crippen molar-refractivity contribution in [3.05, 3.63) is 30.1 Å². The minimum Gasteiger partial charge on any atom is -0.489 e. The predicted molar refractivity (Wildman–Crippen MR) is 72.8 cm³/mol. The number of hydrogen-bond donors (Lipinski definition) is 1. The van der Waals surface area contributed by atoms with Gasteiger partial charge in [0.05, 0.1) is 0 Å². The Morgan fingerprint density at radius 2 is 2.11 bits per heavy atom. The second-order valence-electron chi connectivity index (χ2n) is 5.55. The van der Waals surface area contributed by atoms with E-state index in [0.717, 1.165) is 38.0 Å². The molecule has 1 aromatic carbocycles. The summed E-state index contributed by atoms with van der Waals surface area (Å²) >= 11 is 0. The molecule has 0 saturated carbocycles. The first-order valence-electron chi connectivity index (χ1n) is 7.13. The van der Waals surface area contributed by atoms with Crippen LogP contribution in [-0.2, 0) is 0 Å². The Bertz CT molecular complexity index is 426. The van der Waals surface area contributed by atoms with Crippen LogP contribution in [0.2, 0.25) is 0 Å². The Hall–Kier alpha value is -1.13. The van der Waals surface area contributed by atoms with Gasteiger partial charge < -0.3 is 10.1 Å². The first-order valence-corrected chi connectivity index (χ1v) is 7.13. The second-order valence-corrected chi connectivity index (χ2v) is 5.55. The van der Waals surface area contributed by atoms with E-state index in [-0.39, 0.29) is 5.82 Å². The predicted octanol–water partition coefficient (Wildman–Crippen LogP) is 1.75. The third-order valence-electron chi connectivity index (χ3n) is 4.29. The smallest absolute Gasteiger partial charge is 0.165 e. The van der Waals surface area contributed by atoms with E-state index in [1.807, 2.05) is 0 Å². The number of ether oxygens (including phenoxy) is 1. The standard InChI is InChI=1S/C15H21FN2O/c16-14-3-1-2-4-15(14)19-8-7-18-6-5-12-9-17-10-13(12)11-18/h1-4,12-13,17H,5-11H2. The van der Waals surface area contributed by atoms with Crippen molar-refractivity contribution >= 4 is 0 Å². The fourth-order valence-electron chi connectivity index (χ4n) is 3.16. The molecule has 2 aliphatic heterocycles. The van der Waals surface area contributed by atoms with Gasteiger partial charge in [0.2, 0.25) is 0 Å². The van der Waals surface area contributed by atoms with Crippen LogP contribution >= 0.6 is 0 Å². The second kappa shape index (κ2) is 5.88. The number of benzene rings is 1. The Morgan fingerprint density at radius 1 is 1.26 bits per heavy atom. The molecule has 1 N–H and O–H groups in total. The summed E-state index contributed by atoms with van der Waals surface area (Å²) in [6.07, 6.45) is 1.28. The van der Waals surface area contributed by atoms with Gasteiger partial charge in [0.25, 0.3) is 0 Å². The highest BCUT2D eigenvalue weighted by Gasteiger charge is 2.32. The Kier molecular flexibility index (Phi) is 3.99. The van der Waals surface area contributed by atoms with Crippen molar-refractivity contribution in [2.75, 3.05) is 39.3 Å². The van der Waals surface area contributed by atoms with E-state index in [2.05, 4.69) is 10.2 Å². The summed E-state index contributed by atoms with van der Waals surface area (Å²) in [5.74, 6) is 1.74. The molecule has 2 fully saturated rings. The van der Waals surface area contributed by atoms with Crippen LogP contribution in [-0.4, -0.2) is 44.2 Å². The van der Waals surface area contributed by atoms with Crippen molar-refractivity contribution in [2.45, 2.75) is 6.42 Å². The molecule has 2 aliphatic rings. The number of piperidine rings is 1. The van der Waals surface area contributed by atoms with E-state index in [1.54, 1.807) is 18.2 Å². The zero-order valence-corrected chi connectivity index (χ0v) is 11.1. The Morgan fingerprint density at radius 3 is 3.00 bits per heavy atom. The van der Waals surface area contributed by atoms with Gasteiger partial charge in [-0.2, -0.15) is 0 Å². The van der Waals surface area contributed by atoms with Gasteiger partial charge in [0.15, 0.2) is 11.6 Å². The molecule has 4 heteroatoms. The van der Waals surface area contributed by atoms with E-state index >= 15 is 0 Å². The van der Waals surface area contributed by atoms with Gasteiger partial charge >= 0.3 is 0 Å². The zero-order valence-electron chi connectivity index (χ0n) is 11.1. The largest absolute Gasteiger partial charge is 0.489 e. The van der Waals surface area contributed by atoms with Crippen LogP contribution in [0, 0.1) is 17.7 Å². The van der Waals surface area contributed by atoms with Crippen molar-refractivity contribution in [3.8, 4) is 5.75 Å². The monoisotopic (exact) mass is 264 g/mol. The van der Waals surface area contributed by atoms with Crippen LogP contribution in [0.5, 0.6) is 5.75 Å². The lowest BCUT2D eigenvalue weighted by Crippen LogP contribution is -2.41. The van der Waals surface area contributed by atoms with E-state index in [1.165, 1.54) is 19.0 Å². The minimum atomic E-state index is -0.277. The molecule has 0 bridgehead atoms. The topological polar surface area (TPSA) is 24.5 Å². The van der Waals surface area contributed by atoms with Crippen molar-refractivity contribution in [1.29, 1.82) is 0 Å². The number of likely N-dealkylation sites (tertiary alicyclic amines) is 1. The third-order valence-corrected chi connectivity index (χ3v) is 4.29. The fraction of sp³-hybridized carbons (Fsp3) is 0.600. The Labute approximate surface area is 113 Å². The number of rotatable bonds is 4. The van der Waals surface area contributed by atoms with Gasteiger partial charge in [0, 0.05) is 13.1 Å². The maximum Gasteiger partial charge on any atom is 0.165 e. The minimum absolute atomic E-state index is 0.277. The number of nitrogens with one attached hydrogen (secondary N) is 1. The summed E-state index contributed by atoms with van der Waals surface area (Å²) in [6, 6.07) is 6.60. The van der Waals surface area contributed by atoms with Gasteiger partial charge in [-0.15, -0.1) is 0 Å². The average molecular weight is 264 g/mol. The molecule has 0 aromatic heterocycles. The molecule has 0 radical (unpaired) electrons. The SMILES string of the molecule is Fc1ccccc1OCCN1CCC2CNCC2C1. The first-order chi connectivity index (χ1) is 9.33. The number of nitrogens with zero attached hydrogens (tertiary/aromatic N) is 1. The van der Waals surface area contributed by atoms with Crippen LogP contribution in [0.25, 0.3) is 0 Å². The molecule has 3 nitrogen and oxygen atoms in total. The highest BCUT2D eigenvalue weighted by Crippen LogP contribution is 2.26. The van der Waals surface area contributed by atoms with E-state index in [0.29, 0.717) is 12.4 Å². The number of halogens is 1. The summed E-state index contributed by atoms with van der Waals surface area (Å²) in [7, 11) is 0. The molecular formula is C15H21FN2O. The van der Waals surface area contributed by atoms with E-state index in [9.17, 15) is 4.39 Å². The van der Waals surface area contributed by atoms with Gasteiger partial charge in [0.1, 0.15) is 6.61 Å². The summed E-state index contributed by atoms with van der Waals surface area (Å²) in [4.78, 5) is 2.44. The molecule has 1 aromatic rings. The number of para-hydroxylation sites is 1. The van der Waals surface area contributed by atoms with Crippen LogP contribution < -0.4 is 10.1 Å². The maximum absolute atomic E-state index is 13.4. The molecule has 2 unspecified atom stereocenters. The van der Waals surface area contributed by atoms with E-state index in [4.69, 9.17) is 4.74 Å². The van der Waals surface area contributed by atoms with Crippen molar-refractivity contribution < 1.29 is 9.13 Å². The zero-order chi connectivity index (χ0) is 13.1. The van der Waals surface area contributed by atoms with Crippen LogP contribution in [0.1, 0.15) is 6.42 Å². The fourth-order valence-corrected chi connectivity index (χ4v) is 3.16. The highest BCUT2D eigenvalue weighted by atomic mass is 19.1. The normalized spacial score (nSPS) is 27.2. The lowest BCUT2D eigenvalue weighted by Gasteiger charge is -2.34. The van der Waals surface area contributed by atoms with E-state index < -0.39 is 0 Å². The lowest BCUT2D eigenvalue weighted by atomic mass is 9.89. The third kappa shape index (κ3) is 3.07. The highest BCUT2D eigenvalue weighted by molar-refractivity contribution is 5.23. The maximum atomic E-state index is 13.4. The molecule has 2 saturated heterocycles. The molecule has 104 valence electrons. The molecule has 0 amide bonds. The molecule has 2 heterocycles. The molecule has 3 rings (SSSR count). The molecule has 19 heavy (non-hydrogen) atoms. The van der Waals surface area contributed by atoms with Crippen LogP contribution in [0.15, 0.2) is 24.3 Å². The lowest BCUT2D eigenvalue weighted by molar-refractivity contribution is 0.126. The summed E-state index contributed by atoms with van der Waals surface area (Å²) in [5, 5.41) is 3.47. The Balaban J connectivity index is 1.44. The van der Waals surface area contributed by atoms with Gasteiger partial charge in [-0.05, 0) is 50.0 Å². The summed E-state index contributed by atoms with van der Waals surface area (Å²) < 4.78 is 18.9. The number of hydrogen-bond acceptors (Lipinski definition) is 3. The van der Waals surface area contributed by atoms with Crippen molar-refractivity contribution in [3.63, 3.8) is 0 Å². The van der Waals surface area contributed by atoms with Crippen LogP contribution in [0.3, 0.4) is 0 Å². The summed E-state index contributed by atoms with van der Waals surface area (Å²) in [6.45, 7) is 6.07. The van der Waals surface area contributed by atoms with Gasteiger partial charge in [-0.1, -0.05) is 12.1 Å². The molecule has 2 atom stereocenters. The van der Waals surface area contributed by atoms with Gasteiger partial charge in [-0.25, -0.2) is 4.39 Å². The van der Waals surface area contributed by atoms with Crippen LogP contribution in [0.4, 0.5) is 4.39 Å². The molecule has 0 spiro atoms. The van der Waals surface area contributed by atoms with Crippen molar-refractivity contribution in [1.82, 2.24) is 10.2 Å². The first kappa shape index (κ1) is 12.9. The number of fused-ring (bicyclic) bond motifs is 1. The van der Waals surface area contributed by atoms with Gasteiger partial charge in [-0.3, -0.25) is 4.90 Å². The average Bonchev–Trinajstić information content (AvgIpc) is 2.88.